The Labute approximate surface area is 99.9 Å². The number of hydrogen-bond acceptors (Lipinski definition) is 4. The number of nitrogens with one attached hydrogen (secondary N) is 1. The van der Waals surface area contributed by atoms with Gasteiger partial charge in [0.1, 0.15) is 0 Å². The van der Waals surface area contributed by atoms with Crippen LogP contribution in [-0.2, 0) is 14.8 Å². The fourth-order valence-corrected chi connectivity index (χ4v) is 4.08. The van der Waals surface area contributed by atoms with Crippen molar-refractivity contribution in [3.8, 4) is 0 Å². The molecule has 0 saturated carbocycles. The van der Waals surface area contributed by atoms with E-state index in [2.05, 4.69) is 0 Å². The zero-order valence-corrected chi connectivity index (χ0v) is 10.6. The van der Waals surface area contributed by atoms with E-state index < -0.39 is 37.4 Å². The summed E-state index contributed by atoms with van der Waals surface area (Å²) in [6.07, 6.45) is 0. The molecular weight excluding hydrogens is 283 g/mol. The second-order valence-corrected chi connectivity index (χ2v) is 8.13. The lowest BCUT2D eigenvalue weighted by molar-refractivity contribution is -0.708. The summed E-state index contributed by atoms with van der Waals surface area (Å²) in [5, 5.41) is 11.0. The minimum atomic E-state index is -5.64. The maximum Gasteiger partial charge on any atom is 0.549 e. The van der Waals surface area contributed by atoms with Crippen LogP contribution in [-0.4, -0.2) is 50.9 Å². The Morgan fingerprint density at radius 1 is 1.29 bits per heavy atom. The van der Waals surface area contributed by atoms with Crippen LogP contribution in [0.5, 0.6) is 0 Å². The summed E-state index contributed by atoms with van der Waals surface area (Å²) in [5.74, 6) is 1.66. The van der Waals surface area contributed by atoms with Gasteiger partial charge in [-0.3, -0.25) is 4.47 Å². The Morgan fingerprint density at radius 2 is 1.82 bits per heavy atom. The topological polar surface area (TPSA) is 70.9 Å². The van der Waals surface area contributed by atoms with Gasteiger partial charge in [0.2, 0.25) is 0 Å². The first-order chi connectivity index (χ1) is 7.75. The minimum absolute atomic E-state index is 0.229. The van der Waals surface area contributed by atoms with E-state index in [1.165, 1.54) is 0 Å². The highest BCUT2D eigenvalue weighted by Crippen LogP contribution is 2.26. The fourth-order valence-electron chi connectivity index (χ4n) is 1.34. The molecule has 1 heterocycles. The molecule has 1 rings (SSSR count). The number of thiol groups is 1. The molecule has 5 nitrogen and oxygen atoms in total. The first-order valence-electron chi connectivity index (χ1n) is 4.89. The monoisotopic (exact) mass is 297 g/mol. The SMILES string of the molecule is O=S(=O)([NH+]([O-])CC[SH]1CCOCC1)C(F)(F)F. The van der Waals surface area contributed by atoms with Gasteiger partial charge < -0.3 is 9.94 Å². The number of sulfonamides is 1. The van der Waals surface area contributed by atoms with Crippen molar-refractivity contribution in [2.75, 3.05) is 37.0 Å². The number of alkyl halides is 3. The predicted octanol–water partition coefficient (Wildman–Crippen LogP) is -0.750. The molecule has 17 heavy (non-hydrogen) atoms. The lowest BCUT2D eigenvalue weighted by atomic mass is 10.8. The Kier molecular flexibility index (Phi) is 5.07. The molecule has 10 heteroatoms. The maximum atomic E-state index is 12.0. The summed E-state index contributed by atoms with van der Waals surface area (Å²) in [5.41, 5.74) is -5.48. The molecule has 104 valence electrons. The summed E-state index contributed by atoms with van der Waals surface area (Å²) in [6.45, 7) is 0.519. The minimum Gasteiger partial charge on any atom is -0.618 e. The van der Waals surface area contributed by atoms with Gasteiger partial charge in [-0.25, -0.2) is 10.9 Å². The number of quaternary nitrogens is 1. The molecule has 0 aromatic rings. The molecule has 0 bridgehead atoms. The van der Waals surface area contributed by atoms with Crippen LogP contribution in [0, 0.1) is 5.21 Å². The zero-order chi connectivity index (χ0) is 13.1. The fraction of sp³-hybridized carbons (Fsp3) is 1.00. The van der Waals surface area contributed by atoms with E-state index in [-0.39, 0.29) is 5.75 Å². The Balaban J connectivity index is 2.46. The highest BCUT2D eigenvalue weighted by molar-refractivity contribution is 8.17. The summed E-state index contributed by atoms with van der Waals surface area (Å²) in [7, 11) is -6.20. The third kappa shape index (κ3) is 3.98. The summed E-state index contributed by atoms with van der Waals surface area (Å²) < 4.78 is 60.9. The lowest BCUT2D eigenvalue weighted by Gasteiger charge is -2.29. The van der Waals surface area contributed by atoms with Gasteiger partial charge in [0, 0.05) is 5.75 Å². The molecular formula is C7H14F3NO4S2. The van der Waals surface area contributed by atoms with E-state index >= 15 is 0 Å². The van der Waals surface area contributed by atoms with Crippen molar-refractivity contribution in [1.29, 1.82) is 0 Å². The third-order valence-corrected chi connectivity index (χ3v) is 6.24. The Hall–Kier alpha value is -0.0300. The summed E-state index contributed by atoms with van der Waals surface area (Å²) in [6, 6.07) is 0. The van der Waals surface area contributed by atoms with Crippen LogP contribution in [0.2, 0.25) is 0 Å². The van der Waals surface area contributed by atoms with Crippen LogP contribution in [0.4, 0.5) is 13.2 Å². The van der Waals surface area contributed by atoms with Crippen LogP contribution < -0.4 is 4.47 Å². The van der Waals surface area contributed by atoms with Gasteiger partial charge >= 0.3 is 15.5 Å². The highest BCUT2D eigenvalue weighted by Gasteiger charge is 2.51. The van der Waals surface area contributed by atoms with E-state index in [9.17, 15) is 26.8 Å². The molecule has 1 fully saturated rings. The van der Waals surface area contributed by atoms with Crippen molar-refractivity contribution in [2.24, 2.45) is 0 Å². The molecule has 0 aromatic carbocycles. The average molecular weight is 297 g/mol. The van der Waals surface area contributed by atoms with Gasteiger partial charge in [-0.15, -0.1) is 0 Å². The normalized spacial score (nSPS) is 22.5. The largest absolute Gasteiger partial charge is 0.618 e. The standard InChI is InChI=1S/C7H14F3NO4S2/c8-7(9,10)17(13,14)11(12)1-4-16-5-2-15-3-6-16/h11,16H,1-6H2. The molecule has 1 N–H and O–H groups in total. The van der Waals surface area contributed by atoms with Crippen molar-refractivity contribution >= 4 is 20.9 Å². The van der Waals surface area contributed by atoms with Crippen LogP contribution in [0.3, 0.4) is 0 Å². The van der Waals surface area contributed by atoms with E-state index in [0.29, 0.717) is 24.7 Å². The van der Waals surface area contributed by atoms with Crippen molar-refractivity contribution in [3.63, 3.8) is 0 Å². The van der Waals surface area contributed by atoms with Crippen LogP contribution in [0.25, 0.3) is 0 Å². The van der Waals surface area contributed by atoms with Crippen LogP contribution in [0.1, 0.15) is 0 Å². The number of ether oxygens (including phenoxy) is 1. The molecule has 1 aliphatic heterocycles. The Bertz CT molecular complexity index is 340. The maximum absolute atomic E-state index is 12.0. The quantitative estimate of drug-likeness (QED) is 0.529. The van der Waals surface area contributed by atoms with E-state index in [1.807, 2.05) is 0 Å². The predicted molar refractivity (Wildman–Crippen MR) is 58.6 cm³/mol. The summed E-state index contributed by atoms with van der Waals surface area (Å²) in [4.78, 5) is 0. The number of hydrogen-bond donors (Lipinski definition) is 2. The Morgan fingerprint density at radius 3 is 2.29 bits per heavy atom. The zero-order valence-electron chi connectivity index (χ0n) is 8.86. The van der Waals surface area contributed by atoms with Gasteiger partial charge in [-0.05, 0) is 11.5 Å². The number of halogens is 3. The first-order valence-corrected chi connectivity index (χ1v) is 8.27. The molecule has 1 atom stereocenters. The van der Waals surface area contributed by atoms with Crippen LogP contribution >= 0.6 is 10.9 Å². The summed E-state index contributed by atoms with van der Waals surface area (Å²) >= 11 is 0. The first kappa shape index (κ1) is 15.0. The molecule has 1 unspecified atom stereocenters. The van der Waals surface area contributed by atoms with Gasteiger partial charge in [-0.2, -0.15) is 21.6 Å². The third-order valence-electron chi connectivity index (χ3n) is 2.34. The van der Waals surface area contributed by atoms with E-state index in [1.54, 1.807) is 0 Å². The van der Waals surface area contributed by atoms with Gasteiger partial charge in [0.25, 0.3) is 0 Å². The second kappa shape index (κ2) is 5.74. The van der Waals surface area contributed by atoms with Crippen molar-refractivity contribution in [3.05, 3.63) is 5.21 Å². The van der Waals surface area contributed by atoms with Gasteiger partial charge in [0.05, 0.1) is 19.8 Å². The molecule has 0 spiro atoms. The van der Waals surface area contributed by atoms with Crippen molar-refractivity contribution in [2.45, 2.75) is 5.51 Å². The molecule has 0 amide bonds. The molecule has 1 saturated heterocycles. The van der Waals surface area contributed by atoms with Crippen molar-refractivity contribution < 1.29 is 30.8 Å². The van der Waals surface area contributed by atoms with E-state index in [4.69, 9.17) is 4.74 Å². The van der Waals surface area contributed by atoms with Crippen LogP contribution in [0.15, 0.2) is 0 Å². The molecule has 1 aliphatic rings. The second-order valence-electron chi connectivity index (χ2n) is 3.53. The highest BCUT2D eigenvalue weighted by atomic mass is 32.2. The smallest absolute Gasteiger partial charge is 0.549 e. The molecule has 0 aliphatic carbocycles. The molecule has 0 radical (unpaired) electrons. The van der Waals surface area contributed by atoms with Crippen molar-refractivity contribution in [1.82, 2.24) is 0 Å². The number of rotatable bonds is 4. The van der Waals surface area contributed by atoms with Gasteiger partial charge in [-0.1, -0.05) is 0 Å². The average Bonchev–Trinajstić information content (AvgIpc) is 2.25. The number of hydroxylamine groups is 1. The van der Waals surface area contributed by atoms with E-state index in [0.717, 1.165) is 0 Å². The van der Waals surface area contributed by atoms with Gasteiger partial charge in [0.15, 0.2) is 0 Å². The molecule has 0 aromatic heterocycles. The lowest BCUT2D eigenvalue weighted by Crippen LogP contribution is -3.11.